The number of benzene rings is 1. The first-order valence-corrected chi connectivity index (χ1v) is 8.50. The second kappa shape index (κ2) is 9.93. The third-order valence-corrected chi connectivity index (χ3v) is 3.77. The number of nitrogens with one attached hydrogen (secondary N) is 2. The summed E-state index contributed by atoms with van der Waals surface area (Å²) in [6.45, 7) is 5.06. The first-order valence-electron chi connectivity index (χ1n) is 8.12. The molecule has 2 aromatic rings. The lowest BCUT2D eigenvalue weighted by atomic mass is 10.1. The molecule has 0 atom stereocenters. The van der Waals surface area contributed by atoms with Gasteiger partial charge in [-0.2, -0.15) is 5.10 Å². The molecule has 130 valence electrons. The number of aromatic nitrogens is 2. The van der Waals surface area contributed by atoms with Crippen molar-refractivity contribution in [1.29, 1.82) is 0 Å². The molecule has 7 heteroatoms. The van der Waals surface area contributed by atoms with E-state index < -0.39 is 0 Å². The van der Waals surface area contributed by atoms with Crippen molar-refractivity contribution in [2.24, 2.45) is 4.99 Å². The Morgan fingerprint density at radius 3 is 2.96 bits per heavy atom. The minimum Gasteiger partial charge on any atom is -0.357 e. The molecule has 0 unspecified atom stereocenters. The molecule has 0 aliphatic carbocycles. The number of aryl methyl sites for hydroxylation is 1. The first-order chi connectivity index (χ1) is 11.7. The predicted octanol–water partition coefficient (Wildman–Crippen LogP) is 2.86. The van der Waals surface area contributed by atoms with Crippen LogP contribution in [-0.2, 0) is 13.0 Å². The standard InChI is InChI=1S/C17H23ClFN5/c1-2-20-17(21-8-3-11-24-12-4-9-23-24)22-10-7-14-5-6-15(19)13-16(14)18/h4-6,9,12-13H,2-3,7-8,10-11H2,1H3,(H2,20,21,22). The summed E-state index contributed by atoms with van der Waals surface area (Å²) in [7, 11) is 0. The maximum Gasteiger partial charge on any atom is 0.191 e. The lowest BCUT2D eigenvalue weighted by molar-refractivity contribution is 0.584. The van der Waals surface area contributed by atoms with Gasteiger partial charge < -0.3 is 10.6 Å². The van der Waals surface area contributed by atoms with Crippen molar-refractivity contribution in [3.05, 3.63) is 53.1 Å². The van der Waals surface area contributed by atoms with Crippen molar-refractivity contribution < 1.29 is 4.39 Å². The molecule has 0 spiro atoms. The van der Waals surface area contributed by atoms with E-state index in [2.05, 4.69) is 20.7 Å². The highest BCUT2D eigenvalue weighted by atomic mass is 35.5. The molecule has 0 saturated carbocycles. The third-order valence-electron chi connectivity index (χ3n) is 3.42. The largest absolute Gasteiger partial charge is 0.357 e. The Morgan fingerprint density at radius 2 is 2.25 bits per heavy atom. The second-order valence-corrected chi connectivity index (χ2v) is 5.70. The van der Waals surface area contributed by atoms with Gasteiger partial charge in [0.25, 0.3) is 0 Å². The van der Waals surface area contributed by atoms with Crippen molar-refractivity contribution >= 4 is 17.6 Å². The monoisotopic (exact) mass is 351 g/mol. The van der Waals surface area contributed by atoms with Crippen molar-refractivity contribution in [2.75, 3.05) is 19.6 Å². The Labute approximate surface area is 146 Å². The number of halogens is 2. The average molecular weight is 352 g/mol. The Kier molecular flexibility index (Phi) is 7.55. The summed E-state index contributed by atoms with van der Waals surface area (Å²) in [5.41, 5.74) is 0.917. The Balaban J connectivity index is 1.76. The minimum atomic E-state index is -0.316. The molecule has 5 nitrogen and oxygen atoms in total. The van der Waals surface area contributed by atoms with Gasteiger partial charge in [0.2, 0.25) is 0 Å². The Hall–Kier alpha value is -2.08. The number of rotatable bonds is 8. The van der Waals surface area contributed by atoms with Gasteiger partial charge in [-0.05, 0) is 43.5 Å². The fourth-order valence-corrected chi connectivity index (χ4v) is 2.50. The summed E-state index contributed by atoms with van der Waals surface area (Å²) >= 11 is 6.04. The number of aliphatic imine (C=N–C) groups is 1. The summed E-state index contributed by atoms with van der Waals surface area (Å²) in [5, 5.41) is 11.1. The van der Waals surface area contributed by atoms with Gasteiger partial charge in [0.15, 0.2) is 5.96 Å². The van der Waals surface area contributed by atoms with Crippen LogP contribution in [0.25, 0.3) is 0 Å². The average Bonchev–Trinajstić information content (AvgIpc) is 3.07. The van der Waals surface area contributed by atoms with Crippen molar-refractivity contribution in [1.82, 2.24) is 20.4 Å². The normalized spacial score (nSPS) is 11.5. The van der Waals surface area contributed by atoms with E-state index in [0.717, 1.165) is 31.0 Å². The molecule has 2 rings (SSSR count). The van der Waals surface area contributed by atoms with E-state index in [0.29, 0.717) is 24.5 Å². The molecule has 0 saturated heterocycles. The van der Waals surface area contributed by atoms with Gasteiger partial charge in [-0.1, -0.05) is 17.7 Å². The van der Waals surface area contributed by atoms with Crippen LogP contribution in [0.15, 0.2) is 41.7 Å². The fourth-order valence-electron chi connectivity index (χ4n) is 2.24. The van der Waals surface area contributed by atoms with E-state index >= 15 is 0 Å². The maximum atomic E-state index is 13.0. The van der Waals surface area contributed by atoms with Crippen molar-refractivity contribution in [3.8, 4) is 0 Å². The summed E-state index contributed by atoms with van der Waals surface area (Å²) < 4.78 is 14.9. The first kappa shape index (κ1) is 18.3. The van der Waals surface area contributed by atoms with Gasteiger partial charge in [-0.15, -0.1) is 0 Å². The molecule has 1 aromatic heterocycles. The van der Waals surface area contributed by atoms with Crippen LogP contribution in [0.1, 0.15) is 18.9 Å². The van der Waals surface area contributed by atoms with E-state index in [-0.39, 0.29) is 5.82 Å². The molecule has 24 heavy (non-hydrogen) atoms. The van der Waals surface area contributed by atoms with E-state index in [4.69, 9.17) is 11.6 Å². The smallest absolute Gasteiger partial charge is 0.191 e. The molecule has 0 amide bonds. The van der Waals surface area contributed by atoms with Gasteiger partial charge in [0, 0.05) is 43.6 Å². The molecule has 0 bridgehead atoms. The van der Waals surface area contributed by atoms with Crippen LogP contribution in [0.3, 0.4) is 0 Å². The predicted molar refractivity (Wildman–Crippen MR) is 95.9 cm³/mol. The lowest BCUT2D eigenvalue weighted by Crippen LogP contribution is -2.38. The van der Waals surface area contributed by atoms with Crippen LogP contribution >= 0.6 is 11.6 Å². The highest BCUT2D eigenvalue weighted by Gasteiger charge is 2.03. The highest BCUT2D eigenvalue weighted by molar-refractivity contribution is 6.31. The zero-order valence-electron chi connectivity index (χ0n) is 13.8. The Morgan fingerprint density at radius 1 is 1.38 bits per heavy atom. The molecule has 1 aromatic carbocycles. The summed E-state index contributed by atoms with van der Waals surface area (Å²) in [5.74, 6) is 0.458. The fraction of sp³-hybridized carbons (Fsp3) is 0.412. The van der Waals surface area contributed by atoms with Crippen molar-refractivity contribution in [3.63, 3.8) is 0 Å². The van der Waals surface area contributed by atoms with Gasteiger partial charge in [0.1, 0.15) is 5.82 Å². The van der Waals surface area contributed by atoms with Gasteiger partial charge in [0.05, 0.1) is 0 Å². The zero-order chi connectivity index (χ0) is 17.2. The van der Waals surface area contributed by atoms with Gasteiger partial charge in [-0.25, -0.2) is 4.39 Å². The zero-order valence-corrected chi connectivity index (χ0v) is 14.6. The lowest BCUT2D eigenvalue weighted by Gasteiger charge is -2.12. The number of hydrogen-bond acceptors (Lipinski definition) is 2. The van der Waals surface area contributed by atoms with Crippen LogP contribution in [0.4, 0.5) is 4.39 Å². The van der Waals surface area contributed by atoms with Gasteiger partial charge >= 0.3 is 0 Å². The quantitative estimate of drug-likeness (QED) is 0.437. The number of hydrogen-bond donors (Lipinski definition) is 2. The van der Waals surface area contributed by atoms with E-state index in [1.807, 2.05) is 23.9 Å². The Bertz CT molecular complexity index is 642. The third kappa shape index (κ3) is 6.20. The molecular weight excluding hydrogens is 329 g/mol. The number of nitrogens with zero attached hydrogens (tertiary/aromatic N) is 3. The van der Waals surface area contributed by atoms with Crippen molar-refractivity contribution in [2.45, 2.75) is 26.3 Å². The second-order valence-electron chi connectivity index (χ2n) is 5.30. The molecule has 0 aliphatic rings. The van der Waals surface area contributed by atoms with Crippen LogP contribution in [0.5, 0.6) is 0 Å². The number of guanidine groups is 1. The molecule has 1 heterocycles. The van der Waals surface area contributed by atoms with Crippen LogP contribution < -0.4 is 10.6 Å². The van der Waals surface area contributed by atoms with Crippen LogP contribution in [0.2, 0.25) is 5.02 Å². The van der Waals surface area contributed by atoms with Crippen LogP contribution in [0, 0.1) is 5.82 Å². The van der Waals surface area contributed by atoms with E-state index in [9.17, 15) is 4.39 Å². The topological polar surface area (TPSA) is 54.2 Å². The van der Waals surface area contributed by atoms with Crippen LogP contribution in [-0.4, -0.2) is 35.4 Å². The SMILES string of the molecule is CCNC(=NCCCn1cccn1)NCCc1ccc(F)cc1Cl. The van der Waals surface area contributed by atoms with E-state index in [1.165, 1.54) is 12.1 Å². The summed E-state index contributed by atoms with van der Waals surface area (Å²) in [4.78, 5) is 4.54. The summed E-state index contributed by atoms with van der Waals surface area (Å²) in [6, 6.07) is 6.39. The minimum absolute atomic E-state index is 0.316. The molecule has 0 fully saturated rings. The maximum absolute atomic E-state index is 13.0. The summed E-state index contributed by atoms with van der Waals surface area (Å²) in [6.07, 6.45) is 5.34. The molecule has 2 N–H and O–H groups in total. The molecule has 0 aliphatic heterocycles. The molecular formula is C17H23ClFN5. The van der Waals surface area contributed by atoms with Gasteiger partial charge in [-0.3, -0.25) is 9.67 Å². The molecule has 0 radical (unpaired) electrons. The highest BCUT2D eigenvalue weighted by Crippen LogP contribution is 2.17. The van der Waals surface area contributed by atoms with E-state index in [1.54, 1.807) is 12.3 Å².